The van der Waals surface area contributed by atoms with Gasteiger partial charge in [0.25, 0.3) is 5.91 Å². The van der Waals surface area contributed by atoms with Gasteiger partial charge in [0.05, 0.1) is 7.11 Å². The molecule has 27 heavy (non-hydrogen) atoms. The predicted molar refractivity (Wildman–Crippen MR) is 105 cm³/mol. The molecule has 144 valence electrons. The van der Waals surface area contributed by atoms with Crippen molar-refractivity contribution in [2.75, 3.05) is 44.7 Å². The maximum absolute atomic E-state index is 12.6. The molecule has 0 bridgehead atoms. The molecular formula is C20H27N5O2. The highest BCUT2D eigenvalue weighted by molar-refractivity contribution is 5.93. The molecule has 1 aromatic heterocycles. The van der Waals surface area contributed by atoms with Crippen LogP contribution in [0.1, 0.15) is 28.8 Å². The number of hydrogen-bond acceptors (Lipinski definition) is 6. The number of piperazine rings is 1. The number of carbonyl (C=O) groups excluding carboxylic acids is 1. The summed E-state index contributed by atoms with van der Waals surface area (Å²) in [6.07, 6.45) is 0. The van der Waals surface area contributed by atoms with Crippen molar-refractivity contribution in [3.8, 4) is 5.75 Å². The molecule has 1 aliphatic rings. The Morgan fingerprint density at radius 3 is 2.63 bits per heavy atom. The Balaban J connectivity index is 1.69. The Labute approximate surface area is 160 Å². The summed E-state index contributed by atoms with van der Waals surface area (Å²) in [5, 5.41) is 2.93. The summed E-state index contributed by atoms with van der Waals surface area (Å²) in [7, 11) is 1.62. The van der Waals surface area contributed by atoms with Crippen molar-refractivity contribution in [2.24, 2.45) is 0 Å². The Morgan fingerprint density at radius 1 is 1.19 bits per heavy atom. The summed E-state index contributed by atoms with van der Waals surface area (Å²) >= 11 is 0. The smallest absolute Gasteiger partial charge is 0.270 e. The zero-order valence-electron chi connectivity index (χ0n) is 16.2. The van der Waals surface area contributed by atoms with Crippen LogP contribution in [0.5, 0.6) is 5.75 Å². The lowest BCUT2D eigenvalue weighted by molar-refractivity contribution is 0.0945. The molecule has 0 spiro atoms. The first-order valence-corrected chi connectivity index (χ1v) is 9.33. The highest BCUT2D eigenvalue weighted by Crippen LogP contribution is 2.18. The standard InChI is InChI=1S/C20H27N5O2/c1-4-24-9-11-25(12-10-24)19-13-17(22-15(2)23-19)20(26)21-14-16-7-5-6-8-18(16)27-3/h5-8,13H,4,9-12,14H2,1-3H3,(H,21,26). The maximum Gasteiger partial charge on any atom is 0.270 e. The van der Waals surface area contributed by atoms with Gasteiger partial charge in [0, 0.05) is 44.4 Å². The number of anilines is 1. The van der Waals surface area contributed by atoms with Gasteiger partial charge in [0.1, 0.15) is 23.1 Å². The zero-order chi connectivity index (χ0) is 19.2. The van der Waals surface area contributed by atoms with Crippen LogP contribution in [0, 0.1) is 6.92 Å². The Hall–Kier alpha value is -2.67. The molecule has 1 aromatic carbocycles. The summed E-state index contributed by atoms with van der Waals surface area (Å²) in [5.74, 6) is 1.97. The van der Waals surface area contributed by atoms with Crippen LogP contribution in [-0.4, -0.2) is 60.6 Å². The van der Waals surface area contributed by atoms with E-state index in [-0.39, 0.29) is 5.91 Å². The number of benzene rings is 1. The van der Waals surface area contributed by atoms with Gasteiger partial charge in [-0.15, -0.1) is 0 Å². The maximum atomic E-state index is 12.6. The fourth-order valence-electron chi connectivity index (χ4n) is 3.24. The Bertz CT molecular complexity index is 788. The molecule has 0 aliphatic carbocycles. The molecule has 7 nitrogen and oxygen atoms in total. The van der Waals surface area contributed by atoms with Gasteiger partial charge in [0.15, 0.2) is 0 Å². The van der Waals surface area contributed by atoms with Gasteiger partial charge >= 0.3 is 0 Å². The summed E-state index contributed by atoms with van der Waals surface area (Å²) in [4.78, 5) is 26.1. The number of para-hydroxylation sites is 1. The third kappa shape index (κ3) is 4.74. The fraction of sp³-hybridized carbons (Fsp3) is 0.450. The minimum absolute atomic E-state index is 0.208. The molecular weight excluding hydrogens is 342 g/mol. The second-order valence-electron chi connectivity index (χ2n) is 6.57. The first-order valence-electron chi connectivity index (χ1n) is 9.33. The number of nitrogens with one attached hydrogen (secondary N) is 1. The molecule has 1 saturated heterocycles. The van der Waals surface area contributed by atoms with Gasteiger partial charge in [-0.05, 0) is 19.5 Å². The normalized spacial score (nSPS) is 14.9. The average Bonchev–Trinajstić information content (AvgIpc) is 2.71. The molecule has 1 aliphatic heterocycles. The van der Waals surface area contributed by atoms with E-state index in [4.69, 9.17) is 4.74 Å². The first kappa shape index (κ1) is 19.1. The van der Waals surface area contributed by atoms with E-state index in [9.17, 15) is 4.79 Å². The van der Waals surface area contributed by atoms with Crippen LogP contribution in [0.4, 0.5) is 5.82 Å². The number of carbonyl (C=O) groups is 1. The molecule has 1 N–H and O–H groups in total. The van der Waals surface area contributed by atoms with E-state index >= 15 is 0 Å². The number of aromatic nitrogens is 2. The van der Waals surface area contributed by atoms with Crippen LogP contribution in [0.25, 0.3) is 0 Å². The molecule has 0 atom stereocenters. The van der Waals surface area contributed by atoms with Gasteiger partial charge in [-0.3, -0.25) is 4.79 Å². The summed E-state index contributed by atoms with van der Waals surface area (Å²) < 4.78 is 5.33. The van der Waals surface area contributed by atoms with Gasteiger partial charge in [-0.25, -0.2) is 9.97 Å². The number of nitrogens with zero attached hydrogens (tertiary/aromatic N) is 4. The van der Waals surface area contributed by atoms with E-state index in [0.29, 0.717) is 18.1 Å². The lowest BCUT2D eigenvalue weighted by atomic mass is 10.2. The van der Waals surface area contributed by atoms with Crippen LogP contribution < -0.4 is 15.0 Å². The van der Waals surface area contributed by atoms with Crippen molar-refractivity contribution in [3.63, 3.8) is 0 Å². The second-order valence-corrected chi connectivity index (χ2v) is 6.57. The van der Waals surface area contributed by atoms with Crippen molar-refractivity contribution in [3.05, 3.63) is 47.4 Å². The molecule has 0 radical (unpaired) electrons. The Morgan fingerprint density at radius 2 is 1.93 bits per heavy atom. The molecule has 3 rings (SSSR count). The fourth-order valence-corrected chi connectivity index (χ4v) is 3.24. The van der Waals surface area contributed by atoms with Crippen molar-refractivity contribution >= 4 is 11.7 Å². The number of aryl methyl sites for hydroxylation is 1. The van der Waals surface area contributed by atoms with Gasteiger partial charge in [-0.1, -0.05) is 25.1 Å². The third-order valence-corrected chi connectivity index (χ3v) is 4.83. The van der Waals surface area contributed by atoms with Crippen LogP contribution >= 0.6 is 0 Å². The number of rotatable bonds is 6. The van der Waals surface area contributed by atoms with Crippen molar-refractivity contribution < 1.29 is 9.53 Å². The minimum Gasteiger partial charge on any atom is -0.496 e. The van der Waals surface area contributed by atoms with E-state index in [2.05, 4.69) is 32.0 Å². The van der Waals surface area contributed by atoms with Gasteiger partial charge < -0.3 is 19.9 Å². The van der Waals surface area contributed by atoms with Crippen LogP contribution in [0.2, 0.25) is 0 Å². The molecule has 2 aromatic rings. The lowest BCUT2D eigenvalue weighted by Crippen LogP contribution is -2.46. The summed E-state index contributed by atoms with van der Waals surface area (Å²) in [5.41, 5.74) is 1.32. The molecule has 2 heterocycles. The summed E-state index contributed by atoms with van der Waals surface area (Å²) in [6.45, 7) is 9.28. The average molecular weight is 369 g/mol. The third-order valence-electron chi connectivity index (χ3n) is 4.83. The highest BCUT2D eigenvalue weighted by Gasteiger charge is 2.19. The van der Waals surface area contributed by atoms with Crippen LogP contribution in [0.15, 0.2) is 30.3 Å². The lowest BCUT2D eigenvalue weighted by Gasteiger charge is -2.34. The number of hydrogen-bond donors (Lipinski definition) is 1. The molecule has 1 amide bonds. The quantitative estimate of drug-likeness (QED) is 0.838. The van der Waals surface area contributed by atoms with Crippen LogP contribution in [-0.2, 0) is 6.54 Å². The van der Waals surface area contributed by atoms with E-state index in [0.717, 1.165) is 49.9 Å². The first-order chi connectivity index (χ1) is 13.1. The van der Waals surface area contributed by atoms with E-state index in [1.165, 1.54) is 0 Å². The molecule has 0 saturated carbocycles. The second kappa shape index (κ2) is 8.81. The number of ether oxygens (including phenoxy) is 1. The van der Waals surface area contributed by atoms with E-state index < -0.39 is 0 Å². The van der Waals surface area contributed by atoms with Crippen LogP contribution in [0.3, 0.4) is 0 Å². The number of likely N-dealkylation sites (N-methyl/N-ethyl adjacent to an activating group) is 1. The van der Waals surface area contributed by atoms with Gasteiger partial charge in [-0.2, -0.15) is 0 Å². The largest absolute Gasteiger partial charge is 0.496 e. The van der Waals surface area contributed by atoms with Gasteiger partial charge in [0.2, 0.25) is 0 Å². The molecule has 0 unspecified atom stereocenters. The zero-order valence-corrected chi connectivity index (χ0v) is 16.2. The van der Waals surface area contributed by atoms with Crippen molar-refractivity contribution in [1.82, 2.24) is 20.2 Å². The topological polar surface area (TPSA) is 70.6 Å². The van der Waals surface area contributed by atoms with E-state index in [1.807, 2.05) is 31.2 Å². The monoisotopic (exact) mass is 369 g/mol. The predicted octanol–water partition coefficient (Wildman–Crippen LogP) is 1.87. The Kier molecular flexibility index (Phi) is 6.24. The van der Waals surface area contributed by atoms with Crippen molar-refractivity contribution in [1.29, 1.82) is 0 Å². The van der Waals surface area contributed by atoms with E-state index in [1.54, 1.807) is 13.2 Å². The summed E-state index contributed by atoms with van der Waals surface area (Å²) in [6, 6.07) is 9.43. The number of amides is 1. The molecule has 7 heteroatoms. The minimum atomic E-state index is -0.208. The van der Waals surface area contributed by atoms with Crippen molar-refractivity contribution in [2.45, 2.75) is 20.4 Å². The highest BCUT2D eigenvalue weighted by atomic mass is 16.5. The SMILES string of the molecule is CCN1CCN(c2cc(C(=O)NCc3ccccc3OC)nc(C)n2)CC1. The number of methoxy groups -OCH3 is 1. The molecule has 1 fully saturated rings.